The molecule has 0 saturated carbocycles. The zero-order valence-corrected chi connectivity index (χ0v) is 15.9. The van der Waals surface area contributed by atoms with E-state index in [1.54, 1.807) is 14.2 Å². The van der Waals surface area contributed by atoms with E-state index in [1.807, 2.05) is 42.5 Å². The second-order valence-electron chi connectivity index (χ2n) is 6.36. The summed E-state index contributed by atoms with van der Waals surface area (Å²) in [4.78, 5) is 9.03. The predicted molar refractivity (Wildman–Crippen MR) is 108 cm³/mol. The summed E-state index contributed by atoms with van der Waals surface area (Å²) in [5.74, 6) is 1.79. The molecular formula is C21H25N5O. The van der Waals surface area contributed by atoms with E-state index < -0.39 is 0 Å². The van der Waals surface area contributed by atoms with Crippen LogP contribution in [0, 0.1) is 11.3 Å². The summed E-state index contributed by atoms with van der Waals surface area (Å²) < 4.78 is 5.49. The Balaban J connectivity index is 1.58. The average Bonchev–Trinajstić information content (AvgIpc) is 2.74. The number of hydrogen-bond acceptors (Lipinski definition) is 4. The minimum absolute atomic E-state index is 0.648. The molecule has 140 valence electrons. The maximum Gasteiger partial charge on any atom is 0.194 e. The van der Waals surface area contributed by atoms with Gasteiger partial charge < -0.3 is 19.9 Å². The molecule has 2 aromatic carbocycles. The van der Waals surface area contributed by atoms with Crippen LogP contribution in [0.2, 0.25) is 0 Å². The number of para-hydroxylation sites is 2. The SMILES string of the molecule is CN=C(NCc1cccc(C#N)c1)N1CCN(c2ccccc2OC)CC1. The summed E-state index contributed by atoms with van der Waals surface area (Å²) in [5, 5.41) is 12.4. The lowest BCUT2D eigenvalue weighted by atomic mass is 10.1. The van der Waals surface area contributed by atoms with Gasteiger partial charge in [-0.2, -0.15) is 5.26 Å². The molecule has 0 aliphatic carbocycles. The maximum absolute atomic E-state index is 9.03. The third kappa shape index (κ3) is 4.50. The van der Waals surface area contributed by atoms with Crippen molar-refractivity contribution >= 4 is 11.6 Å². The van der Waals surface area contributed by atoms with Crippen LogP contribution in [0.15, 0.2) is 53.5 Å². The van der Waals surface area contributed by atoms with E-state index in [1.165, 1.54) is 0 Å². The molecular weight excluding hydrogens is 338 g/mol. The Morgan fingerprint density at radius 3 is 2.63 bits per heavy atom. The predicted octanol–water partition coefficient (Wildman–Crippen LogP) is 2.46. The Bertz CT molecular complexity index is 834. The molecule has 1 aliphatic heterocycles. The quantitative estimate of drug-likeness (QED) is 0.668. The van der Waals surface area contributed by atoms with Crippen molar-refractivity contribution in [3.8, 4) is 11.8 Å². The fraction of sp³-hybridized carbons (Fsp3) is 0.333. The molecule has 0 atom stereocenters. The molecule has 1 aliphatic rings. The zero-order valence-electron chi connectivity index (χ0n) is 15.9. The van der Waals surface area contributed by atoms with E-state index in [2.05, 4.69) is 32.2 Å². The van der Waals surface area contributed by atoms with Gasteiger partial charge in [0.2, 0.25) is 0 Å². The first-order chi connectivity index (χ1) is 13.2. The molecule has 0 bridgehead atoms. The average molecular weight is 363 g/mol. The van der Waals surface area contributed by atoms with E-state index >= 15 is 0 Å². The van der Waals surface area contributed by atoms with E-state index in [0.717, 1.165) is 49.1 Å². The van der Waals surface area contributed by atoms with E-state index in [4.69, 9.17) is 10.00 Å². The minimum atomic E-state index is 0.648. The number of rotatable bonds is 4. The van der Waals surface area contributed by atoms with Gasteiger partial charge in [-0.3, -0.25) is 4.99 Å². The standard InChI is InChI=1S/C21H25N5O/c1-23-21(24-16-18-7-5-6-17(14-18)15-22)26-12-10-25(11-13-26)19-8-3-4-9-20(19)27-2/h3-9,14H,10-13,16H2,1-2H3,(H,23,24). The Morgan fingerprint density at radius 1 is 1.15 bits per heavy atom. The number of methoxy groups -OCH3 is 1. The summed E-state index contributed by atoms with van der Waals surface area (Å²) in [6, 6.07) is 17.9. The Hall–Kier alpha value is -3.20. The monoisotopic (exact) mass is 363 g/mol. The number of nitrogens with one attached hydrogen (secondary N) is 1. The minimum Gasteiger partial charge on any atom is -0.495 e. The van der Waals surface area contributed by atoms with Crippen LogP contribution in [0.5, 0.6) is 5.75 Å². The molecule has 27 heavy (non-hydrogen) atoms. The third-order valence-corrected chi connectivity index (χ3v) is 4.72. The Kier molecular flexibility index (Phi) is 6.16. The molecule has 0 amide bonds. The number of anilines is 1. The summed E-state index contributed by atoms with van der Waals surface area (Å²) >= 11 is 0. The van der Waals surface area contributed by atoms with Crippen LogP contribution >= 0.6 is 0 Å². The van der Waals surface area contributed by atoms with Gasteiger partial charge in [0.15, 0.2) is 5.96 Å². The first kappa shape index (κ1) is 18.6. The van der Waals surface area contributed by atoms with Gasteiger partial charge in [0.05, 0.1) is 24.4 Å². The zero-order chi connectivity index (χ0) is 19.1. The van der Waals surface area contributed by atoms with Gasteiger partial charge >= 0.3 is 0 Å². The second-order valence-corrected chi connectivity index (χ2v) is 6.36. The van der Waals surface area contributed by atoms with Gasteiger partial charge in [-0.1, -0.05) is 24.3 Å². The lowest BCUT2D eigenvalue weighted by Gasteiger charge is -2.38. The molecule has 0 radical (unpaired) electrons. The fourth-order valence-corrected chi connectivity index (χ4v) is 3.31. The van der Waals surface area contributed by atoms with Crippen molar-refractivity contribution in [2.24, 2.45) is 4.99 Å². The lowest BCUT2D eigenvalue weighted by molar-refractivity contribution is 0.367. The summed E-state index contributed by atoms with van der Waals surface area (Å²) in [6.45, 7) is 4.23. The van der Waals surface area contributed by atoms with Gasteiger partial charge in [0.1, 0.15) is 5.75 Å². The van der Waals surface area contributed by atoms with Crippen molar-refractivity contribution in [2.75, 3.05) is 45.2 Å². The molecule has 0 aromatic heterocycles. The number of ether oxygens (including phenoxy) is 1. The summed E-state index contributed by atoms with van der Waals surface area (Å²) in [7, 11) is 3.52. The number of nitriles is 1. The van der Waals surface area contributed by atoms with Gasteiger partial charge in [0.25, 0.3) is 0 Å². The number of hydrogen-bond donors (Lipinski definition) is 1. The van der Waals surface area contributed by atoms with Crippen LogP contribution in [0.4, 0.5) is 5.69 Å². The van der Waals surface area contributed by atoms with Crippen LogP contribution in [-0.4, -0.2) is 51.2 Å². The molecule has 0 unspecified atom stereocenters. The van der Waals surface area contributed by atoms with Crippen molar-refractivity contribution < 1.29 is 4.74 Å². The molecule has 0 spiro atoms. The first-order valence-electron chi connectivity index (χ1n) is 9.07. The van der Waals surface area contributed by atoms with Crippen molar-refractivity contribution in [1.29, 1.82) is 5.26 Å². The number of guanidine groups is 1. The normalized spacial score (nSPS) is 14.6. The van der Waals surface area contributed by atoms with Gasteiger partial charge in [-0.25, -0.2) is 0 Å². The van der Waals surface area contributed by atoms with Crippen LogP contribution in [-0.2, 0) is 6.54 Å². The molecule has 1 heterocycles. The highest BCUT2D eigenvalue weighted by Gasteiger charge is 2.21. The lowest BCUT2D eigenvalue weighted by Crippen LogP contribution is -2.52. The molecule has 6 heteroatoms. The van der Waals surface area contributed by atoms with Gasteiger partial charge in [-0.15, -0.1) is 0 Å². The number of nitrogens with zero attached hydrogens (tertiary/aromatic N) is 4. The van der Waals surface area contributed by atoms with Crippen LogP contribution in [0.25, 0.3) is 0 Å². The molecule has 2 aromatic rings. The fourth-order valence-electron chi connectivity index (χ4n) is 3.31. The van der Waals surface area contributed by atoms with E-state index in [0.29, 0.717) is 12.1 Å². The third-order valence-electron chi connectivity index (χ3n) is 4.72. The van der Waals surface area contributed by atoms with Crippen LogP contribution in [0.3, 0.4) is 0 Å². The number of benzene rings is 2. The largest absolute Gasteiger partial charge is 0.495 e. The van der Waals surface area contributed by atoms with Gasteiger partial charge in [0, 0.05) is 39.8 Å². The first-order valence-corrected chi connectivity index (χ1v) is 9.07. The molecule has 3 rings (SSSR count). The molecule has 1 saturated heterocycles. The Labute approximate surface area is 160 Å². The van der Waals surface area contributed by atoms with Crippen LogP contribution < -0.4 is 15.0 Å². The highest BCUT2D eigenvalue weighted by molar-refractivity contribution is 5.80. The van der Waals surface area contributed by atoms with E-state index in [9.17, 15) is 0 Å². The highest BCUT2D eigenvalue weighted by Crippen LogP contribution is 2.28. The van der Waals surface area contributed by atoms with Crippen molar-refractivity contribution in [2.45, 2.75) is 6.54 Å². The number of piperazine rings is 1. The summed E-state index contributed by atoms with van der Waals surface area (Å²) in [6.07, 6.45) is 0. The van der Waals surface area contributed by atoms with Crippen LogP contribution in [0.1, 0.15) is 11.1 Å². The van der Waals surface area contributed by atoms with Gasteiger partial charge in [-0.05, 0) is 29.8 Å². The Morgan fingerprint density at radius 2 is 1.93 bits per heavy atom. The smallest absolute Gasteiger partial charge is 0.194 e. The maximum atomic E-state index is 9.03. The molecule has 6 nitrogen and oxygen atoms in total. The number of aliphatic imine (C=N–C) groups is 1. The summed E-state index contributed by atoms with van der Waals surface area (Å²) in [5.41, 5.74) is 2.88. The molecule has 1 fully saturated rings. The topological polar surface area (TPSA) is 63.9 Å². The van der Waals surface area contributed by atoms with Crippen molar-refractivity contribution in [3.63, 3.8) is 0 Å². The molecule has 1 N–H and O–H groups in total. The second kappa shape index (κ2) is 8.95. The van der Waals surface area contributed by atoms with E-state index in [-0.39, 0.29) is 0 Å². The van der Waals surface area contributed by atoms with Crippen molar-refractivity contribution in [3.05, 3.63) is 59.7 Å². The highest BCUT2D eigenvalue weighted by atomic mass is 16.5. The van der Waals surface area contributed by atoms with Crippen molar-refractivity contribution in [1.82, 2.24) is 10.2 Å².